The molecular formula is C27H21BrCl2F3N5O4S. The van der Waals surface area contributed by atoms with Gasteiger partial charge in [0.1, 0.15) is 11.5 Å². The van der Waals surface area contributed by atoms with Crippen molar-refractivity contribution in [3.8, 4) is 17.2 Å². The second-order valence-corrected chi connectivity index (χ2v) is 11.3. The molecular weight excluding hydrogens is 698 g/mol. The predicted molar refractivity (Wildman–Crippen MR) is 161 cm³/mol. The lowest BCUT2D eigenvalue weighted by molar-refractivity contribution is -0.137. The van der Waals surface area contributed by atoms with Gasteiger partial charge in [0.2, 0.25) is 5.91 Å². The average molecular weight is 719 g/mol. The Morgan fingerprint density at radius 2 is 1.74 bits per heavy atom. The van der Waals surface area contributed by atoms with Crippen LogP contribution in [0.2, 0.25) is 10.0 Å². The summed E-state index contributed by atoms with van der Waals surface area (Å²) < 4.78 is 52.5. The highest BCUT2D eigenvalue weighted by atomic mass is 79.9. The number of amides is 2. The van der Waals surface area contributed by atoms with E-state index in [1.807, 2.05) is 0 Å². The number of hydrogen-bond acceptors (Lipinski definition) is 7. The molecule has 0 fully saturated rings. The monoisotopic (exact) mass is 717 g/mol. The zero-order valence-electron chi connectivity index (χ0n) is 22.3. The van der Waals surface area contributed by atoms with Crippen LogP contribution in [-0.4, -0.2) is 46.6 Å². The van der Waals surface area contributed by atoms with Crippen LogP contribution in [0.25, 0.3) is 5.69 Å². The maximum atomic E-state index is 13.1. The number of thioether (sulfide) groups is 1. The smallest absolute Gasteiger partial charge is 0.416 e. The number of alkyl halides is 3. The summed E-state index contributed by atoms with van der Waals surface area (Å²) in [6.45, 7) is -0.0956. The molecule has 0 aliphatic heterocycles. The highest BCUT2D eigenvalue weighted by molar-refractivity contribution is 9.10. The van der Waals surface area contributed by atoms with Gasteiger partial charge in [0.05, 0.1) is 59.1 Å². The third-order valence-electron chi connectivity index (χ3n) is 5.81. The first-order valence-corrected chi connectivity index (χ1v) is 14.6. The van der Waals surface area contributed by atoms with Gasteiger partial charge in [-0.15, -0.1) is 10.2 Å². The molecule has 4 aromatic rings. The Morgan fingerprint density at radius 1 is 1.00 bits per heavy atom. The minimum Gasteiger partial charge on any atom is -0.497 e. The second kappa shape index (κ2) is 13.9. The first-order chi connectivity index (χ1) is 20.4. The Morgan fingerprint density at radius 3 is 2.44 bits per heavy atom. The number of benzene rings is 3. The number of halogens is 6. The third-order valence-corrected chi connectivity index (χ3v) is 7.89. The number of rotatable bonds is 10. The van der Waals surface area contributed by atoms with Crippen LogP contribution in [0, 0.1) is 0 Å². The van der Waals surface area contributed by atoms with Crippen molar-refractivity contribution in [3.05, 3.63) is 86.1 Å². The van der Waals surface area contributed by atoms with Gasteiger partial charge in [-0.05, 0) is 48.5 Å². The lowest BCUT2D eigenvalue weighted by Gasteiger charge is -2.16. The molecule has 0 saturated heterocycles. The van der Waals surface area contributed by atoms with Crippen molar-refractivity contribution in [3.63, 3.8) is 0 Å². The van der Waals surface area contributed by atoms with E-state index >= 15 is 0 Å². The Bertz CT molecular complexity index is 1670. The van der Waals surface area contributed by atoms with E-state index in [0.717, 1.165) is 30.0 Å². The average Bonchev–Trinajstić information content (AvgIpc) is 3.38. The number of hydrogen-bond donors (Lipinski definition) is 2. The van der Waals surface area contributed by atoms with Crippen molar-refractivity contribution in [2.75, 3.05) is 25.3 Å². The number of ether oxygens (including phenoxy) is 2. The highest BCUT2D eigenvalue weighted by Gasteiger charge is 2.31. The van der Waals surface area contributed by atoms with Gasteiger partial charge in [0.25, 0.3) is 5.91 Å². The summed E-state index contributed by atoms with van der Waals surface area (Å²) in [4.78, 5) is 25.7. The fraction of sp³-hybridized carbons (Fsp3) is 0.185. The largest absolute Gasteiger partial charge is 0.497 e. The lowest BCUT2D eigenvalue weighted by atomic mass is 10.2. The molecule has 0 bridgehead atoms. The molecule has 1 aromatic heterocycles. The number of nitrogens with one attached hydrogen (secondary N) is 2. The van der Waals surface area contributed by atoms with Gasteiger partial charge in [0.15, 0.2) is 11.0 Å². The summed E-state index contributed by atoms with van der Waals surface area (Å²) in [5.41, 5.74) is -0.464. The fourth-order valence-corrected chi connectivity index (χ4v) is 5.25. The summed E-state index contributed by atoms with van der Waals surface area (Å²) >= 11 is 16.5. The van der Waals surface area contributed by atoms with Crippen LogP contribution in [0.4, 0.5) is 18.9 Å². The summed E-state index contributed by atoms with van der Waals surface area (Å²) in [6, 6.07) is 12.5. The van der Waals surface area contributed by atoms with Crippen molar-refractivity contribution in [2.45, 2.75) is 17.9 Å². The Labute approximate surface area is 266 Å². The number of methoxy groups -OCH3 is 2. The van der Waals surface area contributed by atoms with Gasteiger partial charge < -0.3 is 20.1 Å². The van der Waals surface area contributed by atoms with Crippen LogP contribution in [0.3, 0.4) is 0 Å². The van der Waals surface area contributed by atoms with E-state index in [1.54, 1.807) is 41.0 Å². The molecule has 0 spiro atoms. The molecule has 0 unspecified atom stereocenters. The minimum atomic E-state index is -4.61. The van der Waals surface area contributed by atoms with Gasteiger partial charge in [-0.3, -0.25) is 14.2 Å². The van der Waals surface area contributed by atoms with Crippen LogP contribution in [-0.2, 0) is 17.5 Å². The molecule has 43 heavy (non-hydrogen) atoms. The summed E-state index contributed by atoms with van der Waals surface area (Å²) in [6.07, 6.45) is -4.61. The maximum absolute atomic E-state index is 13.1. The summed E-state index contributed by atoms with van der Waals surface area (Å²) in [5.74, 6) is -0.215. The lowest BCUT2D eigenvalue weighted by Crippen LogP contribution is -2.25. The minimum absolute atomic E-state index is 0.0563. The Kier molecular flexibility index (Phi) is 10.5. The molecule has 16 heteroatoms. The Balaban J connectivity index is 1.61. The molecule has 0 saturated carbocycles. The van der Waals surface area contributed by atoms with Gasteiger partial charge >= 0.3 is 6.18 Å². The number of carbonyl (C=O) groups is 2. The first-order valence-electron chi connectivity index (χ1n) is 12.1. The van der Waals surface area contributed by atoms with Crippen LogP contribution in [0.15, 0.2) is 64.2 Å². The van der Waals surface area contributed by atoms with Crippen LogP contribution < -0.4 is 20.1 Å². The molecule has 0 atom stereocenters. The van der Waals surface area contributed by atoms with Crippen LogP contribution >= 0.6 is 50.9 Å². The maximum Gasteiger partial charge on any atom is 0.416 e. The standard InChI is InChI=1S/C27H21BrCl2F3N5O4S/c1-41-16-5-8-22(42-2)21(11-16)38-23(12-34-25(40)17-10-15(28)4-7-18(17)29)36-37-26(38)43-13-24(39)35-20-9-14(27(31,32)33)3-6-19(20)30/h3-11H,12-13H2,1-2H3,(H,34,40)(H,35,39). The van der Waals surface area contributed by atoms with Gasteiger partial charge in [0, 0.05) is 10.5 Å². The number of carbonyl (C=O) groups excluding carboxylic acids is 2. The van der Waals surface area contributed by atoms with Crippen molar-refractivity contribution >= 4 is 68.4 Å². The fourth-order valence-electron chi connectivity index (χ4n) is 3.76. The molecule has 4 rings (SSSR count). The zero-order chi connectivity index (χ0) is 31.3. The van der Waals surface area contributed by atoms with E-state index in [0.29, 0.717) is 21.7 Å². The van der Waals surface area contributed by atoms with Crippen LogP contribution in [0.1, 0.15) is 21.7 Å². The molecule has 0 radical (unpaired) electrons. The van der Waals surface area contributed by atoms with Crippen LogP contribution in [0.5, 0.6) is 11.5 Å². The van der Waals surface area contributed by atoms with Gasteiger partial charge in [-0.25, -0.2) is 0 Å². The van der Waals surface area contributed by atoms with Crippen molar-refractivity contribution in [2.24, 2.45) is 0 Å². The first kappa shape index (κ1) is 32.5. The van der Waals surface area contributed by atoms with Gasteiger partial charge in [-0.2, -0.15) is 13.2 Å². The molecule has 2 N–H and O–H groups in total. The topological polar surface area (TPSA) is 107 Å². The molecule has 1 heterocycles. The van der Waals surface area contributed by atoms with E-state index in [1.165, 1.54) is 14.2 Å². The molecule has 9 nitrogen and oxygen atoms in total. The van der Waals surface area contributed by atoms with Crippen molar-refractivity contribution in [1.82, 2.24) is 20.1 Å². The highest BCUT2D eigenvalue weighted by Crippen LogP contribution is 2.35. The van der Waals surface area contributed by atoms with Gasteiger partial charge in [-0.1, -0.05) is 50.9 Å². The van der Waals surface area contributed by atoms with E-state index in [-0.39, 0.29) is 44.6 Å². The van der Waals surface area contributed by atoms with Crippen molar-refractivity contribution < 1.29 is 32.2 Å². The van der Waals surface area contributed by atoms with E-state index < -0.39 is 23.6 Å². The quantitative estimate of drug-likeness (QED) is 0.170. The van der Waals surface area contributed by atoms with E-state index in [4.69, 9.17) is 32.7 Å². The predicted octanol–water partition coefficient (Wildman–Crippen LogP) is 7.03. The molecule has 3 aromatic carbocycles. The number of anilines is 1. The summed E-state index contributed by atoms with van der Waals surface area (Å²) in [7, 11) is 2.95. The van der Waals surface area contributed by atoms with E-state index in [2.05, 4.69) is 36.8 Å². The molecule has 0 aliphatic carbocycles. The number of nitrogens with zero attached hydrogens (tertiary/aromatic N) is 3. The molecule has 2 amide bonds. The molecule has 0 aliphatic rings. The Hall–Kier alpha value is -3.46. The number of aromatic nitrogens is 3. The summed E-state index contributed by atoms with van der Waals surface area (Å²) in [5, 5.41) is 14.0. The normalized spacial score (nSPS) is 11.3. The second-order valence-electron chi connectivity index (χ2n) is 8.61. The van der Waals surface area contributed by atoms with E-state index in [9.17, 15) is 22.8 Å². The SMILES string of the molecule is COc1ccc(OC)c(-n2c(CNC(=O)c3cc(Br)ccc3Cl)nnc2SCC(=O)Nc2cc(C(F)(F)F)ccc2Cl)c1. The third kappa shape index (κ3) is 7.93. The zero-order valence-corrected chi connectivity index (χ0v) is 26.2. The molecule has 226 valence electrons. The van der Waals surface area contributed by atoms with Crippen molar-refractivity contribution in [1.29, 1.82) is 0 Å².